The van der Waals surface area contributed by atoms with Gasteiger partial charge in [0.15, 0.2) is 0 Å². The molecule has 184 valence electrons. The number of hydrogen-bond acceptors (Lipinski definition) is 4. The van der Waals surface area contributed by atoms with E-state index in [0.717, 1.165) is 25.7 Å². The molecule has 0 saturated heterocycles. The van der Waals surface area contributed by atoms with Crippen molar-refractivity contribution in [2.75, 3.05) is 0 Å². The summed E-state index contributed by atoms with van der Waals surface area (Å²) in [6.45, 7) is 4.09. The Bertz CT molecular complexity index is 593. The van der Waals surface area contributed by atoms with Crippen molar-refractivity contribution in [2.24, 2.45) is 23.7 Å². The molecule has 2 rings (SSSR count). The Balaban J connectivity index is 0. The third-order valence-electron chi connectivity index (χ3n) is 5.95. The highest BCUT2D eigenvalue weighted by Crippen LogP contribution is 2.34. The number of ketones is 2. The molecule has 2 aliphatic rings. The summed E-state index contributed by atoms with van der Waals surface area (Å²) in [6, 6.07) is 0. The molecular weight excluding hydrogens is 408 g/mol. The molecule has 6 heteroatoms. The summed E-state index contributed by atoms with van der Waals surface area (Å²) in [4.78, 5) is 44.3. The maximum atomic E-state index is 11.5. The zero-order valence-corrected chi connectivity index (χ0v) is 18.2. The van der Waals surface area contributed by atoms with E-state index < -0.39 is 11.9 Å². The van der Waals surface area contributed by atoms with E-state index in [-0.39, 0.29) is 62.9 Å². The number of Topliss-reactive ketones (excluding diaryl/α,β-unsaturated/α-hetero) is 2. The Labute approximate surface area is 194 Å². The van der Waals surface area contributed by atoms with E-state index in [4.69, 9.17) is 10.2 Å². The lowest BCUT2D eigenvalue weighted by Crippen LogP contribution is -2.17. The first kappa shape index (κ1) is 31.9. The van der Waals surface area contributed by atoms with Gasteiger partial charge in [-0.1, -0.05) is 53.0 Å². The molecule has 2 fully saturated rings. The highest BCUT2D eigenvalue weighted by Gasteiger charge is 2.35. The molecule has 0 bridgehead atoms. The minimum absolute atomic E-state index is 0. The van der Waals surface area contributed by atoms with E-state index in [1.807, 2.05) is 38.2 Å². The van der Waals surface area contributed by atoms with Crippen LogP contribution in [0.4, 0.5) is 0 Å². The van der Waals surface area contributed by atoms with Crippen molar-refractivity contribution < 1.29 is 29.4 Å². The largest absolute Gasteiger partial charge is 0.481 e. The summed E-state index contributed by atoms with van der Waals surface area (Å²) in [7, 11) is 0. The molecule has 2 aliphatic carbocycles. The van der Waals surface area contributed by atoms with E-state index in [0.29, 0.717) is 25.7 Å². The van der Waals surface area contributed by atoms with Crippen molar-refractivity contribution in [3.05, 3.63) is 24.3 Å². The van der Waals surface area contributed by atoms with Gasteiger partial charge in [0, 0.05) is 37.5 Å². The van der Waals surface area contributed by atoms with Gasteiger partial charge in [-0.05, 0) is 50.4 Å². The first-order chi connectivity index (χ1) is 14.3. The third-order valence-corrected chi connectivity index (χ3v) is 5.95. The van der Waals surface area contributed by atoms with Crippen LogP contribution in [-0.4, -0.2) is 33.7 Å². The van der Waals surface area contributed by atoms with E-state index in [2.05, 4.69) is 0 Å². The molecule has 0 aromatic heterocycles. The van der Waals surface area contributed by atoms with Gasteiger partial charge in [-0.2, -0.15) is 0 Å². The molecule has 2 saturated carbocycles. The highest BCUT2D eigenvalue weighted by molar-refractivity contribution is 5.85. The molecule has 0 aromatic rings. The van der Waals surface area contributed by atoms with Crippen LogP contribution in [0.5, 0.6) is 0 Å². The fourth-order valence-electron chi connectivity index (χ4n) is 4.36. The second-order valence-corrected chi connectivity index (χ2v) is 8.17. The van der Waals surface area contributed by atoms with Gasteiger partial charge in [-0.3, -0.25) is 19.2 Å². The number of carbonyl (C=O) groups excluding carboxylic acids is 2. The Kier molecular flexibility index (Phi) is 17.3. The van der Waals surface area contributed by atoms with Crippen LogP contribution in [0.15, 0.2) is 24.3 Å². The van der Waals surface area contributed by atoms with E-state index in [9.17, 15) is 19.2 Å². The Hall–Kier alpha value is -2.24. The van der Waals surface area contributed by atoms with Crippen LogP contribution in [-0.2, 0) is 19.2 Å². The molecule has 4 atom stereocenters. The molecule has 0 aromatic carbocycles. The summed E-state index contributed by atoms with van der Waals surface area (Å²) in [6.07, 6.45) is 14.3. The van der Waals surface area contributed by atoms with Crippen LogP contribution >= 0.6 is 0 Å². The van der Waals surface area contributed by atoms with Crippen LogP contribution in [0, 0.1) is 23.7 Å². The minimum Gasteiger partial charge on any atom is -0.481 e. The smallest absolute Gasteiger partial charge is 0.303 e. The van der Waals surface area contributed by atoms with Crippen LogP contribution in [0.25, 0.3) is 0 Å². The molecule has 0 heterocycles. The first-order valence-electron chi connectivity index (χ1n) is 11.1. The molecule has 32 heavy (non-hydrogen) atoms. The monoisotopic (exact) mass is 452 g/mol. The number of allylic oxidation sites excluding steroid dienone is 4. The zero-order chi connectivity index (χ0) is 22.5. The summed E-state index contributed by atoms with van der Waals surface area (Å²) >= 11 is 0. The molecule has 0 amide bonds. The summed E-state index contributed by atoms with van der Waals surface area (Å²) in [5, 5.41) is 17.4. The van der Waals surface area contributed by atoms with Gasteiger partial charge in [-0.25, -0.2) is 0 Å². The van der Waals surface area contributed by atoms with Crippen LogP contribution in [0.1, 0.15) is 92.9 Å². The normalized spacial score (nSPS) is 24.7. The predicted molar refractivity (Wildman–Crippen MR) is 129 cm³/mol. The van der Waals surface area contributed by atoms with Crippen LogP contribution in [0.3, 0.4) is 0 Å². The highest BCUT2D eigenvalue weighted by atomic mass is 16.4. The average Bonchev–Trinajstić information content (AvgIpc) is 3.19. The van der Waals surface area contributed by atoms with Crippen molar-refractivity contribution in [1.29, 1.82) is 0 Å². The number of rotatable bonds is 10. The molecule has 2 N–H and O–H groups in total. The van der Waals surface area contributed by atoms with Gasteiger partial charge in [-0.15, -0.1) is 0 Å². The number of hydrogen-bond donors (Lipinski definition) is 2. The second-order valence-electron chi connectivity index (χ2n) is 8.17. The SMILES string of the molecule is C.C.CC/C=C/C[C@H]1C(=O)CC[C@H]1CC(=O)O.CC/C=C\C[C@H]1C(=O)CC[C@H]1CC(=O)O. The van der Waals surface area contributed by atoms with Crippen molar-refractivity contribution >= 4 is 23.5 Å². The lowest BCUT2D eigenvalue weighted by atomic mass is 9.89. The van der Waals surface area contributed by atoms with E-state index in [1.54, 1.807) is 0 Å². The average molecular weight is 453 g/mol. The molecule has 0 aliphatic heterocycles. The summed E-state index contributed by atoms with van der Waals surface area (Å²) < 4.78 is 0. The minimum atomic E-state index is -0.792. The van der Waals surface area contributed by atoms with Gasteiger partial charge < -0.3 is 10.2 Å². The zero-order valence-electron chi connectivity index (χ0n) is 18.2. The van der Waals surface area contributed by atoms with Crippen molar-refractivity contribution in [1.82, 2.24) is 0 Å². The first-order valence-corrected chi connectivity index (χ1v) is 11.1. The Morgan fingerprint density at radius 3 is 1.38 bits per heavy atom. The van der Waals surface area contributed by atoms with Crippen molar-refractivity contribution in [3.63, 3.8) is 0 Å². The number of aliphatic carboxylic acids is 2. The standard InChI is InChI=1S/2C12H18O3.2CH4/c2*1-2-3-4-5-10-9(8-12(14)15)6-7-11(10)13;;/h2*3-4,9-10H,2,5-8H2,1H3,(H,14,15);2*1H4/b4-3+;4-3-;;/t2*9-,10+;;/m00../s1. The predicted octanol–water partition coefficient (Wildman–Crippen LogP) is 6.10. The van der Waals surface area contributed by atoms with Crippen molar-refractivity contribution in [3.8, 4) is 0 Å². The summed E-state index contributed by atoms with van der Waals surface area (Å²) in [5.74, 6) is -1.11. The van der Waals surface area contributed by atoms with Crippen LogP contribution in [0.2, 0.25) is 0 Å². The molecule has 0 unspecified atom stereocenters. The van der Waals surface area contributed by atoms with Crippen LogP contribution < -0.4 is 0 Å². The number of carboxylic acids is 2. The second kappa shape index (κ2) is 17.3. The molecule has 0 spiro atoms. The van der Waals surface area contributed by atoms with Gasteiger partial charge >= 0.3 is 11.9 Å². The van der Waals surface area contributed by atoms with Crippen molar-refractivity contribution in [2.45, 2.75) is 92.9 Å². The topological polar surface area (TPSA) is 109 Å². The van der Waals surface area contributed by atoms with E-state index >= 15 is 0 Å². The Morgan fingerprint density at radius 2 is 1.09 bits per heavy atom. The van der Waals surface area contributed by atoms with Gasteiger partial charge in [0.1, 0.15) is 11.6 Å². The maximum Gasteiger partial charge on any atom is 0.303 e. The van der Waals surface area contributed by atoms with Gasteiger partial charge in [0.25, 0.3) is 0 Å². The lowest BCUT2D eigenvalue weighted by Gasteiger charge is -2.14. The Morgan fingerprint density at radius 1 is 0.750 bits per heavy atom. The van der Waals surface area contributed by atoms with Gasteiger partial charge in [0.05, 0.1) is 0 Å². The molecule has 6 nitrogen and oxygen atoms in total. The van der Waals surface area contributed by atoms with Gasteiger partial charge in [0.2, 0.25) is 0 Å². The number of carbonyl (C=O) groups is 4. The number of carboxylic acid groups (broad SMARTS) is 2. The molecule has 0 radical (unpaired) electrons. The maximum absolute atomic E-state index is 11.5. The van der Waals surface area contributed by atoms with E-state index in [1.165, 1.54) is 0 Å². The summed E-state index contributed by atoms with van der Waals surface area (Å²) in [5.41, 5.74) is 0. The third kappa shape index (κ3) is 11.4. The lowest BCUT2D eigenvalue weighted by molar-refractivity contribution is -0.139. The fourth-order valence-corrected chi connectivity index (χ4v) is 4.36. The molecular formula is C26H44O6. The quantitative estimate of drug-likeness (QED) is 0.388. The fraction of sp³-hybridized carbons (Fsp3) is 0.692.